The minimum atomic E-state index is -0.868. The number of aliphatic hydroxyl groups is 1. The van der Waals surface area contributed by atoms with Gasteiger partial charge in [-0.3, -0.25) is 15.1 Å². The summed E-state index contributed by atoms with van der Waals surface area (Å²) in [5.74, 6) is 5.96. The number of fused-ring (bicyclic) bond motifs is 1. The molecule has 0 radical (unpaired) electrons. The first kappa shape index (κ1) is 19.3. The van der Waals surface area contributed by atoms with Crippen molar-refractivity contribution in [2.45, 2.75) is 45.6 Å². The Morgan fingerprint density at radius 2 is 2.36 bits per heavy atom. The Bertz CT molecular complexity index is 623. The van der Waals surface area contributed by atoms with E-state index in [1.807, 2.05) is 26.0 Å². The minimum absolute atomic E-state index is 0.0144. The number of nitrogens with one attached hydrogen (secondary N) is 1. The molecule has 0 aromatic heterocycles. The molecular weight excluding hydrogens is 318 g/mol. The van der Waals surface area contributed by atoms with Crippen LogP contribution < -0.4 is 5.48 Å². The molecule has 0 aliphatic heterocycles. The van der Waals surface area contributed by atoms with Crippen LogP contribution in [0.3, 0.4) is 0 Å². The second-order valence-corrected chi connectivity index (χ2v) is 6.67. The molecule has 0 fully saturated rings. The van der Waals surface area contributed by atoms with Crippen LogP contribution >= 0.6 is 0 Å². The summed E-state index contributed by atoms with van der Waals surface area (Å²) < 4.78 is 0. The highest BCUT2D eigenvalue weighted by atomic mass is 16.6. The van der Waals surface area contributed by atoms with Crippen LogP contribution in [0, 0.1) is 29.6 Å². The third-order valence-electron chi connectivity index (χ3n) is 4.70. The Balaban J connectivity index is 1.84. The van der Waals surface area contributed by atoms with Crippen molar-refractivity contribution in [3.63, 3.8) is 0 Å². The van der Waals surface area contributed by atoms with Gasteiger partial charge in [-0.15, -0.1) is 11.8 Å². The van der Waals surface area contributed by atoms with Crippen molar-refractivity contribution in [1.29, 1.82) is 0 Å². The van der Waals surface area contributed by atoms with Crippen LogP contribution in [-0.4, -0.2) is 28.9 Å². The minimum Gasteiger partial charge on any atom is -0.481 e. The van der Waals surface area contributed by atoms with Crippen molar-refractivity contribution >= 4 is 5.97 Å². The SMILES string of the molecule is CC#CCC(C)C(O)C=CC1=CC[C@@H]2CC(NOCCC(=O)O)=C[C@@H]12. The summed E-state index contributed by atoms with van der Waals surface area (Å²) in [5.41, 5.74) is 5.10. The predicted molar refractivity (Wildman–Crippen MR) is 96.1 cm³/mol. The number of carboxylic acids is 1. The summed E-state index contributed by atoms with van der Waals surface area (Å²) in [6.07, 6.45) is 10.3. The molecule has 25 heavy (non-hydrogen) atoms. The maximum atomic E-state index is 10.5. The Labute approximate surface area is 149 Å². The van der Waals surface area contributed by atoms with Gasteiger partial charge in [-0.25, -0.2) is 0 Å². The van der Waals surface area contributed by atoms with E-state index in [1.165, 1.54) is 5.57 Å². The van der Waals surface area contributed by atoms with Gasteiger partial charge in [0.1, 0.15) is 0 Å². The molecule has 0 aromatic carbocycles. The Morgan fingerprint density at radius 3 is 3.08 bits per heavy atom. The summed E-state index contributed by atoms with van der Waals surface area (Å²) in [6.45, 7) is 3.95. The van der Waals surface area contributed by atoms with Crippen molar-refractivity contribution < 1.29 is 19.8 Å². The number of carbonyl (C=O) groups is 1. The number of aliphatic hydroxyl groups excluding tert-OH is 1. The van der Waals surface area contributed by atoms with E-state index in [-0.39, 0.29) is 18.9 Å². The average molecular weight is 345 g/mol. The largest absolute Gasteiger partial charge is 0.481 e. The second-order valence-electron chi connectivity index (χ2n) is 6.67. The van der Waals surface area contributed by atoms with Gasteiger partial charge >= 0.3 is 5.97 Å². The molecule has 5 nitrogen and oxygen atoms in total. The van der Waals surface area contributed by atoms with Crippen LogP contribution in [0.2, 0.25) is 0 Å². The predicted octanol–water partition coefficient (Wildman–Crippen LogP) is 2.80. The lowest BCUT2D eigenvalue weighted by molar-refractivity contribution is -0.138. The molecule has 136 valence electrons. The van der Waals surface area contributed by atoms with Crippen molar-refractivity contribution in [2.24, 2.45) is 17.8 Å². The summed E-state index contributed by atoms with van der Waals surface area (Å²) in [4.78, 5) is 15.7. The fourth-order valence-corrected chi connectivity index (χ4v) is 3.17. The molecule has 2 rings (SSSR count). The summed E-state index contributed by atoms with van der Waals surface area (Å²) in [7, 11) is 0. The van der Waals surface area contributed by atoms with Crippen LogP contribution in [0.5, 0.6) is 0 Å². The molecule has 0 spiro atoms. The Hall–Kier alpha value is -2.03. The number of carboxylic acid groups (broad SMARTS) is 1. The van der Waals surface area contributed by atoms with Crippen LogP contribution in [0.1, 0.15) is 39.5 Å². The van der Waals surface area contributed by atoms with Gasteiger partial charge < -0.3 is 10.2 Å². The first-order chi connectivity index (χ1) is 12.0. The highest BCUT2D eigenvalue weighted by molar-refractivity contribution is 5.66. The third kappa shape index (κ3) is 5.77. The lowest BCUT2D eigenvalue weighted by Crippen LogP contribution is -2.16. The van der Waals surface area contributed by atoms with Crippen molar-refractivity contribution in [3.8, 4) is 11.8 Å². The van der Waals surface area contributed by atoms with E-state index in [9.17, 15) is 9.90 Å². The summed E-state index contributed by atoms with van der Waals surface area (Å²) in [6, 6.07) is 0. The highest BCUT2D eigenvalue weighted by Gasteiger charge is 2.33. The van der Waals surface area contributed by atoms with Crippen molar-refractivity contribution in [1.82, 2.24) is 5.48 Å². The quantitative estimate of drug-likeness (QED) is 0.340. The number of hydroxylamine groups is 1. The van der Waals surface area contributed by atoms with Gasteiger partial charge in [0, 0.05) is 18.0 Å². The average Bonchev–Trinajstić information content (AvgIpc) is 3.14. The van der Waals surface area contributed by atoms with E-state index in [1.54, 1.807) is 0 Å². The number of rotatable bonds is 9. The standard InChI is InChI=1S/C20H27NO4/c1-3-4-5-14(2)19(22)9-8-15-6-7-16-12-17(13-18(15)16)21-25-11-10-20(23)24/h6,8-9,13-14,16,18-19,21-22H,5,7,10-12H2,1-2H3,(H,23,24)/t14?,16-,18+,19?/m1/s1. The maximum Gasteiger partial charge on any atom is 0.305 e. The second kappa shape index (κ2) is 9.45. The zero-order valence-corrected chi connectivity index (χ0v) is 14.9. The molecule has 3 N–H and O–H groups in total. The number of allylic oxidation sites excluding steroid dienone is 5. The lowest BCUT2D eigenvalue weighted by Gasteiger charge is -2.14. The van der Waals surface area contributed by atoms with E-state index in [0.717, 1.165) is 18.5 Å². The van der Waals surface area contributed by atoms with Gasteiger partial charge in [0.05, 0.1) is 19.1 Å². The first-order valence-electron chi connectivity index (χ1n) is 8.77. The van der Waals surface area contributed by atoms with Crippen LogP contribution in [0.15, 0.2) is 35.6 Å². The van der Waals surface area contributed by atoms with Gasteiger partial charge in [0.15, 0.2) is 0 Å². The van der Waals surface area contributed by atoms with Crippen LogP contribution in [0.4, 0.5) is 0 Å². The van der Waals surface area contributed by atoms with E-state index in [2.05, 4.69) is 29.5 Å². The van der Waals surface area contributed by atoms with Gasteiger partial charge in [0.2, 0.25) is 0 Å². The third-order valence-corrected chi connectivity index (χ3v) is 4.70. The Morgan fingerprint density at radius 1 is 1.56 bits per heavy atom. The number of hydrogen-bond acceptors (Lipinski definition) is 4. The zero-order valence-electron chi connectivity index (χ0n) is 14.9. The number of hydrogen-bond donors (Lipinski definition) is 3. The van der Waals surface area contributed by atoms with Gasteiger partial charge in [-0.05, 0) is 37.2 Å². The topological polar surface area (TPSA) is 78.8 Å². The van der Waals surface area contributed by atoms with Gasteiger partial charge in [0.25, 0.3) is 0 Å². The zero-order chi connectivity index (χ0) is 18.2. The van der Waals surface area contributed by atoms with Crippen molar-refractivity contribution in [3.05, 3.63) is 35.6 Å². The summed E-state index contributed by atoms with van der Waals surface area (Å²) >= 11 is 0. The molecule has 0 aromatic rings. The fourth-order valence-electron chi connectivity index (χ4n) is 3.17. The van der Waals surface area contributed by atoms with E-state index < -0.39 is 12.1 Å². The molecular formula is C20H27NO4. The maximum absolute atomic E-state index is 10.5. The molecule has 4 atom stereocenters. The van der Waals surface area contributed by atoms with E-state index in [0.29, 0.717) is 18.3 Å². The smallest absolute Gasteiger partial charge is 0.305 e. The monoisotopic (exact) mass is 345 g/mol. The van der Waals surface area contributed by atoms with E-state index in [4.69, 9.17) is 9.94 Å². The first-order valence-corrected chi connectivity index (χ1v) is 8.77. The fraction of sp³-hybridized carbons (Fsp3) is 0.550. The molecule has 2 aliphatic rings. The molecule has 2 unspecified atom stereocenters. The molecule has 5 heteroatoms. The van der Waals surface area contributed by atoms with Gasteiger partial charge in [-0.2, -0.15) is 0 Å². The highest BCUT2D eigenvalue weighted by Crippen LogP contribution is 2.42. The molecule has 0 saturated carbocycles. The number of aliphatic carboxylic acids is 1. The van der Waals surface area contributed by atoms with Gasteiger partial charge in [-0.1, -0.05) is 31.2 Å². The van der Waals surface area contributed by atoms with E-state index >= 15 is 0 Å². The molecule has 0 heterocycles. The molecule has 0 bridgehead atoms. The molecule has 0 saturated heterocycles. The van der Waals surface area contributed by atoms with Crippen LogP contribution in [-0.2, 0) is 9.63 Å². The Kier molecular flexibility index (Phi) is 7.30. The molecule has 2 aliphatic carbocycles. The molecule has 0 amide bonds. The summed E-state index contributed by atoms with van der Waals surface area (Å²) in [5, 5.41) is 18.8. The lowest BCUT2D eigenvalue weighted by atomic mass is 9.93. The van der Waals surface area contributed by atoms with Crippen molar-refractivity contribution in [2.75, 3.05) is 6.61 Å². The van der Waals surface area contributed by atoms with Crippen LogP contribution in [0.25, 0.3) is 0 Å². The normalized spacial score (nSPS) is 24.1.